The van der Waals surface area contributed by atoms with Crippen LogP contribution in [0.4, 0.5) is 5.69 Å². The fourth-order valence-electron chi connectivity index (χ4n) is 2.32. The highest BCUT2D eigenvalue weighted by atomic mass is 16.1. The van der Waals surface area contributed by atoms with Crippen molar-refractivity contribution in [3.8, 4) is 0 Å². The van der Waals surface area contributed by atoms with Crippen LogP contribution in [0, 0.1) is 6.92 Å². The molecule has 5 nitrogen and oxygen atoms in total. The smallest absolute Gasteiger partial charge is 0.270 e. The molecule has 2 N–H and O–H groups in total. The van der Waals surface area contributed by atoms with Crippen LogP contribution >= 0.6 is 0 Å². The van der Waals surface area contributed by atoms with Gasteiger partial charge < -0.3 is 10.6 Å². The second kappa shape index (κ2) is 8.06. The van der Waals surface area contributed by atoms with Crippen LogP contribution < -0.4 is 10.6 Å². The van der Waals surface area contributed by atoms with E-state index in [0.717, 1.165) is 17.8 Å². The van der Waals surface area contributed by atoms with Gasteiger partial charge in [-0.15, -0.1) is 0 Å². The Bertz CT molecular complexity index is 815. The molecule has 25 heavy (non-hydrogen) atoms. The Balaban J connectivity index is 1.52. The molecule has 0 aliphatic heterocycles. The Kier molecular flexibility index (Phi) is 5.36. The lowest BCUT2D eigenvalue weighted by Gasteiger charge is -2.08. The van der Waals surface area contributed by atoms with E-state index in [1.54, 1.807) is 24.7 Å². The average Bonchev–Trinajstić information content (AvgIpc) is 2.67. The van der Waals surface area contributed by atoms with Crippen LogP contribution in [0.15, 0.2) is 67.1 Å². The average molecular weight is 332 g/mol. The molecular formula is C20H20N4O. The van der Waals surface area contributed by atoms with E-state index in [1.807, 2.05) is 18.2 Å². The predicted molar refractivity (Wildman–Crippen MR) is 98.1 cm³/mol. The highest BCUT2D eigenvalue weighted by Gasteiger charge is 2.06. The molecule has 3 aromatic rings. The molecule has 0 aliphatic rings. The topological polar surface area (TPSA) is 66.9 Å². The number of benzene rings is 1. The summed E-state index contributed by atoms with van der Waals surface area (Å²) in [6.07, 6.45) is 5.08. The summed E-state index contributed by atoms with van der Waals surface area (Å²) in [5.41, 5.74) is 4.72. The van der Waals surface area contributed by atoms with Gasteiger partial charge >= 0.3 is 0 Å². The molecule has 0 saturated heterocycles. The highest BCUT2D eigenvalue weighted by Crippen LogP contribution is 2.10. The van der Waals surface area contributed by atoms with Crippen LogP contribution in [0.3, 0.4) is 0 Å². The summed E-state index contributed by atoms with van der Waals surface area (Å²) in [4.78, 5) is 20.3. The summed E-state index contributed by atoms with van der Waals surface area (Å²) in [6.45, 7) is 3.24. The number of aromatic nitrogens is 2. The molecule has 5 heteroatoms. The molecule has 0 saturated carbocycles. The standard InChI is InChI=1S/C20H20N4O/c1-15-2-4-16(5-3-15)12-22-18-6-7-19(23-14-18)20(25)24-13-17-8-10-21-11-9-17/h2-11,14,22H,12-13H2,1H3,(H,24,25). The molecule has 0 bridgehead atoms. The number of anilines is 1. The number of pyridine rings is 2. The van der Waals surface area contributed by atoms with Gasteiger partial charge in [0.1, 0.15) is 5.69 Å². The largest absolute Gasteiger partial charge is 0.380 e. The van der Waals surface area contributed by atoms with Crippen LogP contribution in [0.5, 0.6) is 0 Å². The van der Waals surface area contributed by atoms with Crippen molar-refractivity contribution in [3.05, 3.63) is 89.5 Å². The molecule has 0 spiro atoms. The minimum atomic E-state index is -0.193. The van der Waals surface area contributed by atoms with Crippen LogP contribution in [0.2, 0.25) is 0 Å². The van der Waals surface area contributed by atoms with Crippen LogP contribution in [-0.2, 0) is 13.1 Å². The highest BCUT2D eigenvalue weighted by molar-refractivity contribution is 5.92. The van der Waals surface area contributed by atoms with Gasteiger partial charge in [0.2, 0.25) is 0 Å². The third-order valence-corrected chi connectivity index (χ3v) is 3.82. The Morgan fingerprint density at radius 2 is 1.64 bits per heavy atom. The molecule has 1 amide bonds. The van der Waals surface area contributed by atoms with Crippen LogP contribution in [0.25, 0.3) is 0 Å². The van der Waals surface area contributed by atoms with E-state index in [1.165, 1.54) is 11.1 Å². The van der Waals surface area contributed by atoms with E-state index < -0.39 is 0 Å². The zero-order chi connectivity index (χ0) is 17.5. The number of carbonyl (C=O) groups is 1. The lowest BCUT2D eigenvalue weighted by Crippen LogP contribution is -2.23. The molecule has 126 valence electrons. The summed E-state index contributed by atoms with van der Waals surface area (Å²) in [5.74, 6) is -0.193. The monoisotopic (exact) mass is 332 g/mol. The molecular weight excluding hydrogens is 312 g/mol. The van der Waals surface area contributed by atoms with E-state index in [0.29, 0.717) is 12.2 Å². The molecule has 1 aromatic carbocycles. The Labute approximate surface area is 147 Å². The maximum Gasteiger partial charge on any atom is 0.270 e. The normalized spacial score (nSPS) is 10.3. The lowest BCUT2D eigenvalue weighted by atomic mass is 10.1. The van der Waals surface area contributed by atoms with Crippen LogP contribution in [-0.4, -0.2) is 15.9 Å². The summed E-state index contributed by atoms with van der Waals surface area (Å²) < 4.78 is 0. The van der Waals surface area contributed by atoms with E-state index in [2.05, 4.69) is 51.8 Å². The van der Waals surface area contributed by atoms with Crippen molar-refractivity contribution in [2.24, 2.45) is 0 Å². The van der Waals surface area contributed by atoms with E-state index in [-0.39, 0.29) is 5.91 Å². The minimum Gasteiger partial charge on any atom is -0.380 e. The number of amides is 1. The fourth-order valence-corrected chi connectivity index (χ4v) is 2.32. The number of hydrogen-bond acceptors (Lipinski definition) is 4. The number of hydrogen-bond donors (Lipinski definition) is 2. The molecule has 0 fully saturated rings. The van der Waals surface area contributed by atoms with Crippen molar-refractivity contribution < 1.29 is 4.79 Å². The quantitative estimate of drug-likeness (QED) is 0.726. The van der Waals surface area contributed by atoms with Crippen molar-refractivity contribution in [2.45, 2.75) is 20.0 Å². The predicted octanol–water partition coefficient (Wildman–Crippen LogP) is 3.33. The molecule has 0 aliphatic carbocycles. The van der Waals surface area contributed by atoms with Gasteiger partial charge in [0.15, 0.2) is 0 Å². The molecule has 2 aromatic heterocycles. The van der Waals surface area contributed by atoms with Gasteiger partial charge in [-0.1, -0.05) is 29.8 Å². The van der Waals surface area contributed by atoms with E-state index in [9.17, 15) is 4.79 Å². The number of nitrogens with one attached hydrogen (secondary N) is 2. The third-order valence-electron chi connectivity index (χ3n) is 3.82. The molecule has 0 unspecified atom stereocenters. The maximum absolute atomic E-state index is 12.1. The molecule has 3 rings (SSSR count). The molecule has 2 heterocycles. The minimum absolute atomic E-state index is 0.193. The van der Waals surface area contributed by atoms with Crippen LogP contribution in [0.1, 0.15) is 27.2 Å². The van der Waals surface area contributed by atoms with Crippen molar-refractivity contribution in [1.29, 1.82) is 0 Å². The Morgan fingerprint density at radius 3 is 2.32 bits per heavy atom. The van der Waals surface area contributed by atoms with Gasteiger partial charge in [-0.05, 0) is 42.3 Å². The Morgan fingerprint density at radius 1 is 0.920 bits per heavy atom. The van der Waals surface area contributed by atoms with Gasteiger partial charge in [0, 0.05) is 25.5 Å². The summed E-state index contributed by atoms with van der Waals surface area (Å²) in [7, 11) is 0. The molecule has 0 atom stereocenters. The summed E-state index contributed by atoms with van der Waals surface area (Å²) in [5, 5.41) is 6.15. The first-order valence-electron chi connectivity index (χ1n) is 8.13. The SMILES string of the molecule is Cc1ccc(CNc2ccc(C(=O)NCc3ccncc3)nc2)cc1. The van der Waals surface area contributed by atoms with E-state index >= 15 is 0 Å². The zero-order valence-corrected chi connectivity index (χ0v) is 14.1. The first-order chi connectivity index (χ1) is 12.2. The number of rotatable bonds is 6. The summed E-state index contributed by atoms with van der Waals surface area (Å²) in [6, 6.07) is 15.7. The van der Waals surface area contributed by atoms with Crippen molar-refractivity contribution in [3.63, 3.8) is 0 Å². The number of aryl methyl sites for hydroxylation is 1. The lowest BCUT2D eigenvalue weighted by molar-refractivity contribution is 0.0946. The summed E-state index contributed by atoms with van der Waals surface area (Å²) >= 11 is 0. The van der Waals surface area contributed by atoms with Gasteiger partial charge in [0.25, 0.3) is 5.91 Å². The maximum atomic E-state index is 12.1. The second-order valence-electron chi connectivity index (χ2n) is 5.81. The fraction of sp³-hybridized carbons (Fsp3) is 0.150. The first-order valence-corrected chi connectivity index (χ1v) is 8.13. The zero-order valence-electron chi connectivity index (χ0n) is 14.1. The van der Waals surface area contributed by atoms with E-state index in [4.69, 9.17) is 0 Å². The third kappa shape index (κ3) is 4.88. The first kappa shape index (κ1) is 16.6. The number of carbonyl (C=O) groups excluding carboxylic acids is 1. The number of nitrogens with zero attached hydrogens (tertiary/aromatic N) is 2. The van der Waals surface area contributed by atoms with Gasteiger partial charge in [0.05, 0.1) is 11.9 Å². The van der Waals surface area contributed by atoms with Crippen molar-refractivity contribution in [2.75, 3.05) is 5.32 Å². The Hall–Kier alpha value is -3.21. The van der Waals surface area contributed by atoms with Gasteiger partial charge in [-0.3, -0.25) is 9.78 Å². The second-order valence-corrected chi connectivity index (χ2v) is 5.81. The van der Waals surface area contributed by atoms with Gasteiger partial charge in [-0.2, -0.15) is 0 Å². The van der Waals surface area contributed by atoms with Crippen molar-refractivity contribution >= 4 is 11.6 Å². The van der Waals surface area contributed by atoms with Crippen molar-refractivity contribution in [1.82, 2.24) is 15.3 Å². The molecule has 0 radical (unpaired) electrons. The van der Waals surface area contributed by atoms with Gasteiger partial charge in [-0.25, -0.2) is 4.98 Å².